The van der Waals surface area contributed by atoms with Gasteiger partial charge in [-0.05, 0) is 30.2 Å². The van der Waals surface area contributed by atoms with E-state index >= 15 is 0 Å². The molecule has 0 amide bonds. The third-order valence-corrected chi connectivity index (χ3v) is 4.20. The minimum atomic E-state index is -0.932. The second-order valence-corrected chi connectivity index (χ2v) is 6.57. The Balaban J connectivity index is 2.28. The molecule has 1 N–H and O–H groups in total. The van der Waals surface area contributed by atoms with Crippen molar-refractivity contribution < 1.29 is 13.6 Å². The molecule has 0 spiro atoms. The van der Waals surface area contributed by atoms with Crippen molar-refractivity contribution in [2.45, 2.75) is 26.3 Å². The van der Waals surface area contributed by atoms with Crippen LogP contribution < -0.4 is 11.2 Å². The van der Waals surface area contributed by atoms with Crippen LogP contribution >= 0.6 is 0 Å². The molecular weight excluding hydrogens is 368 g/mol. The number of nitrogens with one attached hydrogen (secondary N) is 1. The average molecular weight is 385 g/mol. The Kier molecular flexibility index (Phi) is 5.30. The maximum atomic E-state index is 13.6. The van der Waals surface area contributed by atoms with Crippen molar-refractivity contribution in [1.82, 2.24) is 14.5 Å². The van der Waals surface area contributed by atoms with Crippen LogP contribution in [0.1, 0.15) is 47.1 Å². The first-order valence-corrected chi connectivity index (χ1v) is 8.55. The molecule has 6 nitrogen and oxygen atoms in total. The highest BCUT2D eigenvalue weighted by molar-refractivity contribution is 6.08. The minimum Gasteiger partial charge on any atom is -0.287 e. The fourth-order valence-corrected chi connectivity index (χ4v) is 2.99. The molecule has 0 radical (unpaired) electrons. The van der Waals surface area contributed by atoms with E-state index in [0.717, 1.165) is 16.7 Å². The second kappa shape index (κ2) is 7.67. The molecular formula is C20H17F2N3O3. The minimum absolute atomic E-state index is 0.0604. The summed E-state index contributed by atoms with van der Waals surface area (Å²) < 4.78 is 28.3. The van der Waals surface area contributed by atoms with Gasteiger partial charge < -0.3 is 0 Å². The Hall–Kier alpha value is -3.42. The quantitative estimate of drug-likeness (QED) is 0.684. The van der Waals surface area contributed by atoms with Crippen molar-refractivity contribution in [3.63, 3.8) is 0 Å². The molecule has 0 bridgehead atoms. The molecule has 3 rings (SSSR count). The number of rotatable bonds is 5. The fraction of sp³-hybridized carbons (Fsp3) is 0.200. The van der Waals surface area contributed by atoms with Crippen molar-refractivity contribution >= 4 is 5.78 Å². The van der Waals surface area contributed by atoms with Gasteiger partial charge in [0, 0.05) is 23.4 Å². The van der Waals surface area contributed by atoms with Crippen molar-refractivity contribution in [2.75, 3.05) is 0 Å². The number of carbonyl (C=O) groups is 1. The van der Waals surface area contributed by atoms with Crippen molar-refractivity contribution in [3.05, 3.63) is 97.6 Å². The average Bonchev–Trinajstić information content (AvgIpc) is 2.62. The van der Waals surface area contributed by atoms with Gasteiger partial charge in [-0.1, -0.05) is 19.9 Å². The van der Waals surface area contributed by atoms with E-state index in [4.69, 9.17) is 0 Å². The lowest BCUT2D eigenvalue weighted by Crippen LogP contribution is -2.38. The molecule has 0 aliphatic heterocycles. The van der Waals surface area contributed by atoms with Crippen LogP contribution in [-0.2, 0) is 6.54 Å². The summed E-state index contributed by atoms with van der Waals surface area (Å²) in [7, 11) is 0. The van der Waals surface area contributed by atoms with Crippen molar-refractivity contribution in [2.24, 2.45) is 0 Å². The van der Waals surface area contributed by atoms with Gasteiger partial charge in [0.15, 0.2) is 0 Å². The van der Waals surface area contributed by atoms with E-state index in [1.54, 1.807) is 32.0 Å². The molecule has 144 valence electrons. The number of aromatic nitrogens is 3. The summed E-state index contributed by atoms with van der Waals surface area (Å²) in [5.74, 6) is -3.10. The summed E-state index contributed by atoms with van der Waals surface area (Å²) in [4.78, 5) is 44.3. The standard InChI is InChI=1S/C20H17F2N3O3/c1-11(2)16-17(18(26)12-7-13(21)9-14(22)8-12)25(20(28)24-19(16)27)10-15-5-3-4-6-23-15/h3-9,11H,10H2,1-2H3,(H,24,27,28). The summed E-state index contributed by atoms with van der Waals surface area (Å²) in [5, 5.41) is 0. The van der Waals surface area contributed by atoms with E-state index in [0.29, 0.717) is 11.8 Å². The van der Waals surface area contributed by atoms with Gasteiger partial charge in [-0.2, -0.15) is 0 Å². The summed E-state index contributed by atoms with van der Waals surface area (Å²) in [6, 6.07) is 7.44. The topological polar surface area (TPSA) is 84.8 Å². The molecule has 0 aliphatic rings. The van der Waals surface area contributed by atoms with Crippen LogP contribution in [0.25, 0.3) is 0 Å². The number of carbonyl (C=O) groups excluding carboxylic acids is 1. The first kappa shape index (κ1) is 19.3. The van der Waals surface area contributed by atoms with Crippen LogP contribution in [0.5, 0.6) is 0 Å². The third-order valence-electron chi connectivity index (χ3n) is 4.20. The molecule has 0 saturated heterocycles. The van der Waals surface area contributed by atoms with E-state index in [2.05, 4.69) is 9.97 Å². The van der Waals surface area contributed by atoms with E-state index < -0.39 is 34.6 Å². The Labute approximate surface area is 158 Å². The highest BCUT2D eigenvalue weighted by atomic mass is 19.1. The Morgan fingerprint density at radius 1 is 1.14 bits per heavy atom. The number of nitrogens with zero attached hydrogens (tertiary/aromatic N) is 2. The maximum absolute atomic E-state index is 13.6. The summed E-state index contributed by atoms with van der Waals surface area (Å²) in [5.41, 5.74) is -1.48. The van der Waals surface area contributed by atoms with Crippen LogP contribution in [-0.4, -0.2) is 20.3 Å². The lowest BCUT2D eigenvalue weighted by Gasteiger charge is -2.17. The number of ketones is 1. The molecule has 0 aliphatic carbocycles. The number of halogens is 2. The SMILES string of the molecule is CC(C)c1c(C(=O)c2cc(F)cc(F)c2)n(Cc2ccccn2)c(=O)[nH]c1=O. The second-order valence-electron chi connectivity index (χ2n) is 6.57. The van der Waals surface area contributed by atoms with E-state index in [-0.39, 0.29) is 23.4 Å². The van der Waals surface area contributed by atoms with E-state index in [1.165, 1.54) is 6.20 Å². The van der Waals surface area contributed by atoms with Crippen LogP contribution in [0.4, 0.5) is 8.78 Å². The zero-order valence-corrected chi connectivity index (χ0v) is 15.2. The largest absolute Gasteiger partial charge is 0.329 e. The van der Waals surface area contributed by atoms with E-state index in [9.17, 15) is 23.2 Å². The van der Waals surface area contributed by atoms with Gasteiger partial charge in [0.25, 0.3) is 5.56 Å². The molecule has 28 heavy (non-hydrogen) atoms. The first-order valence-electron chi connectivity index (χ1n) is 8.55. The third kappa shape index (κ3) is 3.80. The molecule has 0 unspecified atom stereocenters. The van der Waals surface area contributed by atoms with Crippen molar-refractivity contribution in [1.29, 1.82) is 0 Å². The summed E-state index contributed by atoms with van der Waals surface area (Å²) in [6.07, 6.45) is 1.53. The van der Waals surface area contributed by atoms with Gasteiger partial charge in [0.1, 0.15) is 17.3 Å². The predicted octanol–water partition coefficient (Wildman–Crippen LogP) is 2.61. The summed E-state index contributed by atoms with van der Waals surface area (Å²) in [6.45, 7) is 3.28. The van der Waals surface area contributed by atoms with Crippen molar-refractivity contribution in [3.8, 4) is 0 Å². The highest BCUT2D eigenvalue weighted by Crippen LogP contribution is 2.20. The molecule has 0 saturated carbocycles. The Bertz CT molecular complexity index is 1130. The lowest BCUT2D eigenvalue weighted by molar-refractivity contribution is 0.102. The van der Waals surface area contributed by atoms with Crippen LogP contribution in [0.3, 0.4) is 0 Å². The molecule has 3 aromatic rings. The number of H-pyrrole nitrogens is 1. The Morgan fingerprint density at radius 3 is 2.39 bits per heavy atom. The number of benzene rings is 1. The molecule has 0 atom stereocenters. The number of aromatic amines is 1. The molecule has 1 aromatic carbocycles. The number of pyridine rings is 1. The van der Waals surface area contributed by atoms with Crippen LogP contribution in [0.15, 0.2) is 52.2 Å². The van der Waals surface area contributed by atoms with Gasteiger partial charge in [0.05, 0.1) is 12.2 Å². The monoisotopic (exact) mass is 385 g/mol. The number of hydrogen-bond acceptors (Lipinski definition) is 4. The molecule has 2 aromatic heterocycles. The fourth-order valence-electron chi connectivity index (χ4n) is 2.99. The normalized spacial score (nSPS) is 11.0. The van der Waals surface area contributed by atoms with Gasteiger partial charge >= 0.3 is 5.69 Å². The lowest BCUT2D eigenvalue weighted by atomic mass is 9.96. The zero-order chi connectivity index (χ0) is 20.4. The Morgan fingerprint density at radius 2 is 1.82 bits per heavy atom. The van der Waals surface area contributed by atoms with Gasteiger partial charge in [-0.25, -0.2) is 13.6 Å². The zero-order valence-electron chi connectivity index (χ0n) is 15.2. The molecule has 2 heterocycles. The first-order chi connectivity index (χ1) is 13.3. The predicted molar refractivity (Wildman–Crippen MR) is 98.5 cm³/mol. The molecule has 0 fully saturated rings. The smallest absolute Gasteiger partial charge is 0.287 e. The van der Waals surface area contributed by atoms with Gasteiger partial charge in [0.2, 0.25) is 5.78 Å². The summed E-state index contributed by atoms with van der Waals surface area (Å²) >= 11 is 0. The van der Waals surface area contributed by atoms with Gasteiger partial charge in [-0.3, -0.25) is 24.1 Å². The van der Waals surface area contributed by atoms with Gasteiger partial charge in [-0.15, -0.1) is 0 Å². The van der Waals surface area contributed by atoms with E-state index in [1.807, 2.05) is 0 Å². The van der Waals surface area contributed by atoms with Crippen LogP contribution in [0, 0.1) is 11.6 Å². The van der Waals surface area contributed by atoms with Crippen LogP contribution in [0.2, 0.25) is 0 Å². The highest BCUT2D eigenvalue weighted by Gasteiger charge is 2.25. The maximum Gasteiger partial charge on any atom is 0.329 e. The molecule has 8 heteroatoms. The number of hydrogen-bond donors (Lipinski definition) is 1.